The molecule has 0 spiro atoms. The summed E-state index contributed by atoms with van der Waals surface area (Å²) in [6.45, 7) is 3.24. The largest absolute Gasteiger partial charge is 0.299 e. The van der Waals surface area contributed by atoms with Crippen LogP contribution in [0.15, 0.2) is 24.3 Å². The number of benzene rings is 1. The van der Waals surface area contributed by atoms with Gasteiger partial charge in [0.15, 0.2) is 0 Å². The standard InChI is InChI=1S/C11H15BrIN/c1-9(7-12)14(2)8-10-3-5-11(13)6-4-10/h3-6,9H,7-8H2,1-2H3. The van der Waals surface area contributed by atoms with Crippen LogP contribution in [0.5, 0.6) is 0 Å². The minimum atomic E-state index is 0.578. The predicted molar refractivity (Wildman–Crippen MR) is 73.9 cm³/mol. The first kappa shape index (κ1) is 12.5. The topological polar surface area (TPSA) is 3.24 Å². The van der Waals surface area contributed by atoms with E-state index in [0.717, 1.165) is 11.9 Å². The number of hydrogen-bond donors (Lipinski definition) is 0. The fourth-order valence-corrected chi connectivity index (χ4v) is 2.01. The van der Waals surface area contributed by atoms with Gasteiger partial charge in [-0.2, -0.15) is 0 Å². The van der Waals surface area contributed by atoms with Crippen LogP contribution in [0.25, 0.3) is 0 Å². The summed E-state index contributed by atoms with van der Waals surface area (Å²) in [5.41, 5.74) is 1.38. The van der Waals surface area contributed by atoms with Crippen LogP contribution in [-0.4, -0.2) is 23.3 Å². The van der Waals surface area contributed by atoms with Crippen molar-refractivity contribution in [1.82, 2.24) is 4.90 Å². The lowest BCUT2D eigenvalue weighted by atomic mass is 10.2. The van der Waals surface area contributed by atoms with Crippen molar-refractivity contribution in [2.24, 2.45) is 0 Å². The third-order valence-corrected chi connectivity index (χ3v) is 3.98. The third kappa shape index (κ3) is 3.87. The molecular weight excluding hydrogens is 353 g/mol. The minimum Gasteiger partial charge on any atom is -0.299 e. The SMILES string of the molecule is CC(CBr)N(C)Cc1ccc(I)cc1. The van der Waals surface area contributed by atoms with Gasteiger partial charge < -0.3 is 0 Å². The molecule has 1 atom stereocenters. The number of nitrogens with zero attached hydrogens (tertiary/aromatic N) is 1. The molecule has 0 saturated carbocycles. The molecule has 1 rings (SSSR count). The second-order valence-corrected chi connectivity index (χ2v) is 5.44. The zero-order valence-corrected chi connectivity index (χ0v) is 12.2. The summed E-state index contributed by atoms with van der Waals surface area (Å²) in [4.78, 5) is 2.34. The minimum absolute atomic E-state index is 0.578. The molecule has 0 aliphatic rings. The van der Waals surface area contributed by atoms with E-state index < -0.39 is 0 Å². The molecule has 0 amide bonds. The molecule has 78 valence electrons. The molecule has 1 unspecified atom stereocenters. The Labute approximate surface area is 108 Å². The number of hydrogen-bond acceptors (Lipinski definition) is 1. The van der Waals surface area contributed by atoms with Gasteiger partial charge in [0.2, 0.25) is 0 Å². The maximum atomic E-state index is 3.50. The van der Waals surface area contributed by atoms with E-state index in [1.165, 1.54) is 9.13 Å². The molecule has 1 aromatic rings. The molecule has 0 aliphatic carbocycles. The van der Waals surface area contributed by atoms with Crippen molar-refractivity contribution in [2.45, 2.75) is 19.5 Å². The maximum absolute atomic E-state index is 3.50. The molecular formula is C11H15BrIN. The van der Waals surface area contributed by atoms with Gasteiger partial charge >= 0.3 is 0 Å². The van der Waals surface area contributed by atoms with E-state index in [0.29, 0.717) is 6.04 Å². The quantitative estimate of drug-likeness (QED) is 0.581. The van der Waals surface area contributed by atoms with E-state index in [4.69, 9.17) is 0 Å². The van der Waals surface area contributed by atoms with Gasteiger partial charge in [-0.25, -0.2) is 0 Å². The highest BCUT2D eigenvalue weighted by Crippen LogP contribution is 2.10. The molecule has 0 bridgehead atoms. The molecule has 1 aromatic carbocycles. The van der Waals surface area contributed by atoms with Crippen LogP contribution in [0.1, 0.15) is 12.5 Å². The summed E-state index contributed by atoms with van der Waals surface area (Å²) in [6, 6.07) is 9.28. The van der Waals surface area contributed by atoms with E-state index in [-0.39, 0.29) is 0 Å². The maximum Gasteiger partial charge on any atom is 0.0233 e. The first-order valence-electron chi connectivity index (χ1n) is 4.64. The fraction of sp³-hybridized carbons (Fsp3) is 0.455. The Hall–Kier alpha value is 0.390. The van der Waals surface area contributed by atoms with Gasteiger partial charge in [0, 0.05) is 21.5 Å². The van der Waals surface area contributed by atoms with E-state index in [1.54, 1.807) is 0 Å². The van der Waals surface area contributed by atoms with Crippen molar-refractivity contribution >= 4 is 38.5 Å². The highest BCUT2D eigenvalue weighted by Gasteiger charge is 2.07. The predicted octanol–water partition coefficient (Wildman–Crippen LogP) is 3.51. The molecule has 0 heterocycles. The molecule has 3 heteroatoms. The molecule has 0 saturated heterocycles. The van der Waals surface area contributed by atoms with Crippen LogP contribution in [-0.2, 0) is 6.54 Å². The molecule has 0 N–H and O–H groups in total. The van der Waals surface area contributed by atoms with Crippen molar-refractivity contribution in [3.8, 4) is 0 Å². The van der Waals surface area contributed by atoms with Crippen LogP contribution < -0.4 is 0 Å². The lowest BCUT2D eigenvalue weighted by Crippen LogP contribution is -2.29. The van der Waals surface area contributed by atoms with Gasteiger partial charge in [-0.3, -0.25) is 4.90 Å². The van der Waals surface area contributed by atoms with Gasteiger partial charge in [-0.05, 0) is 54.3 Å². The number of alkyl halides is 1. The Bertz CT molecular complexity index is 273. The molecule has 14 heavy (non-hydrogen) atoms. The fourth-order valence-electron chi connectivity index (χ4n) is 1.15. The monoisotopic (exact) mass is 367 g/mol. The van der Waals surface area contributed by atoms with Gasteiger partial charge in [0.1, 0.15) is 0 Å². The van der Waals surface area contributed by atoms with Crippen molar-refractivity contribution < 1.29 is 0 Å². The van der Waals surface area contributed by atoms with E-state index in [2.05, 4.69) is 81.7 Å². The summed E-state index contributed by atoms with van der Waals surface area (Å²) in [6.07, 6.45) is 0. The normalized spacial score (nSPS) is 13.2. The van der Waals surface area contributed by atoms with Crippen LogP contribution in [0, 0.1) is 3.57 Å². The van der Waals surface area contributed by atoms with Crippen molar-refractivity contribution in [2.75, 3.05) is 12.4 Å². The summed E-state index contributed by atoms with van der Waals surface area (Å²) in [5.74, 6) is 0. The highest BCUT2D eigenvalue weighted by atomic mass is 127. The first-order valence-corrected chi connectivity index (χ1v) is 6.84. The molecule has 0 aromatic heterocycles. The zero-order valence-electron chi connectivity index (χ0n) is 8.50. The van der Waals surface area contributed by atoms with Gasteiger partial charge in [0.05, 0.1) is 0 Å². The van der Waals surface area contributed by atoms with Gasteiger partial charge in [0.25, 0.3) is 0 Å². The Morgan fingerprint density at radius 3 is 2.43 bits per heavy atom. The summed E-state index contributed by atoms with van der Waals surface area (Å²) in [5, 5.41) is 1.02. The van der Waals surface area contributed by atoms with Crippen LogP contribution >= 0.6 is 38.5 Å². The van der Waals surface area contributed by atoms with Gasteiger partial charge in [-0.15, -0.1) is 0 Å². The smallest absolute Gasteiger partial charge is 0.0233 e. The molecule has 0 aliphatic heterocycles. The highest BCUT2D eigenvalue weighted by molar-refractivity contribution is 14.1. The third-order valence-electron chi connectivity index (χ3n) is 2.32. The molecule has 1 nitrogen and oxygen atoms in total. The number of rotatable bonds is 4. The van der Waals surface area contributed by atoms with E-state index in [1.807, 2.05) is 0 Å². The Morgan fingerprint density at radius 1 is 1.36 bits per heavy atom. The van der Waals surface area contributed by atoms with E-state index >= 15 is 0 Å². The van der Waals surface area contributed by atoms with Crippen LogP contribution in [0.3, 0.4) is 0 Å². The summed E-state index contributed by atoms with van der Waals surface area (Å²) < 4.78 is 1.29. The van der Waals surface area contributed by atoms with Crippen molar-refractivity contribution in [3.05, 3.63) is 33.4 Å². The van der Waals surface area contributed by atoms with Crippen molar-refractivity contribution in [3.63, 3.8) is 0 Å². The number of halogens is 2. The second-order valence-electron chi connectivity index (χ2n) is 3.54. The summed E-state index contributed by atoms with van der Waals surface area (Å²) >= 11 is 5.83. The molecule has 0 fully saturated rings. The summed E-state index contributed by atoms with van der Waals surface area (Å²) in [7, 11) is 2.16. The lowest BCUT2D eigenvalue weighted by Gasteiger charge is -2.22. The Kier molecular flexibility index (Phi) is 5.41. The first-order chi connectivity index (χ1) is 6.63. The zero-order chi connectivity index (χ0) is 10.6. The second kappa shape index (κ2) is 6.08. The van der Waals surface area contributed by atoms with Crippen molar-refractivity contribution in [1.29, 1.82) is 0 Å². The van der Waals surface area contributed by atoms with E-state index in [9.17, 15) is 0 Å². The Balaban J connectivity index is 2.56. The average molecular weight is 368 g/mol. The molecule has 0 radical (unpaired) electrons. The Morgan fingerprint density at radius 2 is 1.93 bits per heavy atom. The van der Waals surface area contributed by atoms with Crippen LogP contribution in [0.4, 0.5) is 0 Å². The lowest BCUT2D eigenvalue weighted by molar-refractivity contribution is 0.271. The average Bonchev–Trinajstić information content (AvgIpc) is 2.20. The van der Waals surface area contributed by atoms with Gasteiger partial charge in [-0.1, -0.05) is 28.1 Å². The van der Waals surface area contributed by atoms with Crippen LogP contribution in [0.2, 0.25) is 0 Å².